The minimum absolute atomic E-state index is 0.111. The van der Waals surface area contributed by atoms with E-state index in [9.17, 15) is 4.79 Å². The molecule has 0 aliphatic rings. The van der Waals surface area contributed by atoms with Crippen molar-refractivity contribution < 1.29 is 14.3 Å². The monoisotopic (exact) mass is 349 g/mol. The molecule has 5 heteroatoms. The minimum Gasteiger partial charge on any atom is -0.497 e. The summed E-state index contributed by atoms with van der Waals surface area (Å²) in [5, 5.41) is 2.83. The third-order valence-corrected chi connectivity index (χ3v) is 3.48. The van der Waals surface area contributed by atoms with E-state index in [1.807, 2.05) is 42.5 Å². The van der Waals surface area contributed by atoms with Gasteiger partial charge in [0.25, 0.3) is 0 Å². The van der Waals surface area contributed by atoms with Gasteiger partial charge in [0.05, 0.1) is 25.8 Å². The summed E-state index contributed by atoms with van der Waals surface area (Å²) in [6, 6.07) is 14.8. The van der Waals surface area contributed by atoms with Crippen LogP contribution in [0.1, 0.15) is 6.42 Å². The number of hydrogen-bond acceptors (Lipinski definition) is 3. The Morgan fingerprint density at radius 3 is 2.62 bits per heavy atom. The number of hydrogen-bond donors (Lipinski definition) is 1. The van der Waals surface area contributed by atoms with Gasteiger partial charge in [-0.15, -0.1) is 0 Å². The molecule has 1 N–H and O–H groups in total. The third kappa shape index (κ3) is 4.79. The molecule has 0 spiro atoms. The van der Waals surface area contributed by atoms with Crippen molar-refractivity contribution in [2.45, 2.75) is 6.42 Å². The second kappa shape index (κ2) is 7.69. The maximum absolute atomic E-state index is 11.9. The maximum atomic E-state index is 11.9. The molecule has 0 aliphatic carbocycles. The molecule has 2 aromatic carbocycles. The van der Waals surface area contributed by atoms with Crippen LogP contribution >= 0.6 is 15.9 Å². The minimum atomic E-state index is -0.111. The highest BCUT2D eigenvalue weighted by Crippen LogP contribution is 2.27. The van der Waals surface area contributed by atoms with Gasteiger partial charge in [0.15, 0.2) is 0 Å². The van der Waals surface area contributed by atoms with Crippen LogP contribution in [0.4, 0.5) is 5.69 Å². The van der Waals surface area contributed by atoms with Crippen LogP contribution in [0.15, 0.2) is 53.0 Å². The van der Waals surface area contributed by atoms with Gasteiger partial charge in [-0.2, -0.15) is 0 Å². The molecule has 0 saturated carbocycles. The molecule has 2 aromatic rings. The van der Waals surface area contributed by atoms with Gasteiger partial charge in [0, 0.05) is 10.5 Å². The largest absolute Gasteiger partial charge is 0.497 e. The van der Waals surface area contributed by atoms with Gasteiger partial charge in [-0.3, -0.25) is 4.79 Å². The van der Waals surface area contributed by atoms with Crippen LogP contribution in [0, 0.1) is 0 Å². The highest BCUT2D eigenvalue weighted by Gasteiger charge is 2.07. The summed E-state index contributed by atoms with van der Waals surface area (Å²) >= 11 is 3.39. The molecule has 0 unspecified atom stereocenters. The zero-order valence-electron chi connectivity index (χ0n) is 11.6. The lowest BCUT2D eigenvalue weighted by atomic mass is 10.3. The Kier molecular flexibility index (Phi) is 5.63. The zero-order valence-corrected chi connectivity index (χ0v) is 13.2. The molecular formula is C16H16BrNO3. The Hall–Kier alpha value is -2.01. The first-order valence-corrected chi connectivity index (χ1v) is 7.29. The number of benzene rings is 2. The fourth-order valence-corrected chi connectivity index (χ4v) is 2.06. The number of nitrogens with one attached hydrogen (secondary N) is 1. The summed E-state index contributed by atoms with van der Waals surface area (Å²) in [7, 11) is 1.59. The summed E-state index contributed by atoms with van der Waals surface area (Å²) in [5.74, 6) is 1.33. The van der Waals surface area contributed by atoms with E-state index in [1.165, 1.54) is 0 Å². The number of ether oxygens (including phenoxy) is 2. The summed E-state index contributed by atoms with van der Waals surface area (Å²) in [4.78, 5) is 11.9. The van der Waals surface area contributed by atoms with Crippen molar-refractivity contribution in [3.05, 3.63) is 53.0 Å². The topological polar surface area (TPSA) is 47.6 Å². The lowest BCUT2D eigenvalue weighted by molar-refractivity contribution is -0.116. The molecule has 21 heavy (non-hydrogen) atoms. The summed E-state index contributed by atoms with van der Waals surface area (Å²) in [6.07, 6.45) is 0.276. The summed E-state index contributed by atoms with van der Waals surface area (Å²) < 4.78 is 11.4. The van der Waals surface area contributed by atoms with Crippen LogP contribution in [0.2, 0.25) is 0 Å². The van der Waals surface area contributed by atoms with E-state index in [-0.39, 0.29) is 12.3 Å². The van der Waals surface area contributed by atoms with E-state index < -0.39 is 0 Å². The number of methoxy groups -OCH3 is 1. The van der Waals surface area contributed by atoms with Crippen molar-refractivity contribution in [1.29, 1.82) is 0 Å². The number of para-hydroxylation sites is 1. The Morgan fingerprint density at radius 2 is 1.90 bits per heavy atom. The van der Waals surface area contributed by atoms with E-state index in [4.69, 9.17) is 9.47 Å². The first kappa shape index (κ1) is 15.4. The SMILES string of the molecule is COc1ccc(Br)c(NC(=O)CCOc2ccccc2)c1. The highest BCUT2D eigenvalue weighted by atomic mass is 79.9. The van der Waals surface area contributed by atoms with Gasteiger partial charge in [-0.25, -0.2) is 0 Å². The summed E-state index contributed by atoms with van der Waals surface area (Å²) in [6.45, 7) is 0.331. The molecule has 0 atom stereocenters. The molecule has 0 radical (unpaired) electrons. The van der Waals surface area contributed by atoms with E-state index in [2.05, 4.69) is 21.2 Å². The van der Waals surface area contributed by atoms with Crippen molar-refractivity contribution in [3.8, 4) is 11.5 Å². The number of carbonyl (C=O) groups excluding carboxylic acids is 1. The van der Waals surface area contributed by atoms with Gasteiger partial charge in [0.2, 0.25) is 5.91 Å². The first-order chi connectivity index (χ1) is 10.2. The Bertz CT molecular complexity index is 602. The van der Waals surface area contributed by atoms with E-state index in [1.54, 1.807) is 13.2 Å². The van der Waals surface area contributed by atoms with Gasteiger partial charge >= 0.3 is 0 Å². The van der Waals surface area contributed by atoms with Gasteiger partial charge in [-0.05, 0) is 40.2 Å². The number of amides is 1. The standard InChI is InChI=1S/C16H16BrNO3/c1-20-13-7-8-14(17)15(11-13)18-16(19)9-10-21-12-5-3-2-4-6-12/h2-8,11H,9-10H2,1H3,(H,18,19). The van der Waals surface area contributed by atoms with Crippen LogP contribution in [0.5, 0.6) is 11.5 Å². The average Bonchev–Trinajstić information content (AvgIpc) is 2.50. The van der Waals surface area contributed by atoms with Crippen LogP contribution in [0.25, 0.3) is 0 Å². The number of carbonyl (C=O) groups is 1. The summed E-state index contributed by atoms with van der Waals surface area (Å²) in [5.41, 5.74) is 0.680. The third-order valence-electron chi connectivity index (χ3n) is 2.79. The van der Waals surface area contributed by atoms with Crippen molar-refractivity contribution in [1.82, 2.24) is 0 Å². The van der Waals surface area contributed by atoms with E-state index in [0.717, 1.165) is 10.2 Å². The fourth-order valence-electron chi connectivity index (χ4n) is 1.72. The molecule has 0 aliphatic heterocycles. The molecule has 0 aromatic heterocycles. The number of rotatable bonds is 6. The van der Waals surface area contributed by atoms with Crippen molar-refractivity contribution in [3.63, 3.8) is 0 Å². The Morgan fingerprint density at radius 1 is 1.14 bits per heavy atom. The Balaban J connectivity index is 1.84. The molecule has 110 valence electrons. The zero-order chi connectivity index (χ0) is 15.1. The second-order valence-corrected chi connectivity index (χ2v) is 5.16. The molecule has 2 rings (SSSR count). The Labute approximate surface area is 132 Å². The predicted octanol–water partition coefficient (Wildman–Crippen LogP) is 3.87. The van der Waals surface area contributed by atoms with E-state index in [0.29, 0.717) is 18.0 Å². The molecule has 0 heterocycles. The molecular weight excluding hydrogens is 334 g/mol. The van der Waals surface area contributed by atoms with Gasteiger partial charge in [0.1, 0.15) is 11.5 Å². The van der Waals surface area contributed by atoms with Crippen LogP contribution in [-0.4, -0.2) is 19.6 Å². The van der Waals surface area contributed by atoms with Crippen LogP contribution in [-0.2, 0) is 4.79 Å². The lowest BCUT2D eigenvalue weighted by Gasteiger charge is -2.10. The smallest absolute Gasteiger partial charge is 0.227 e. The number of anilines is 1. The molecule has 0 bridgehead atoms. The lowest BCUT2D eigenvalue weighted by Crippen LogP contribution is -2.15. The van der Waals surface area contributed by atoms with Crippen molar-refractivity contribution >= 4 is 27.5 Å². The van der Waals surface area contributed by atoms with Gasteiger partial charge in [-0.1, -0.05) is 18.2 Å². The highest BCUT2D eigenvalue weighted by molar-refractivity contribution is 9.10. The molecule has 0 fully saturated rings. The molecule has 0 saturated heterocycles. The normalized spacial score (nSPS) is 10.0. The van der Waals surface area contributed by atoms with Gasteiger partial charge < -0.3 is 14.8 Å². The fraction of sp³-hybridized carbons (Fsp3) is 0.188. The molecule has 1 amide bonds. The van der Waals surface area contributed by atoms with Crippen molar-refractivity contribution in [2.24, 2.45) is 0 Å². The van der Waals surface area contributed by atoms with Crippen LogP contribution < -0.4 is 14.8 Å². The maximum Gasteiger partial charge on any atom is 0.227 e. The van der Waals surface area contributed by atoms with Crippen LogP contribution in [0.3, 0.4) is 0 Å². The molecule has 4 nitrogen and oxygen atoms in total. The quantitative estimate of drug-likeness (QED) is 0.861. The predicted molar refractivity (Wildman–Crippen MR) is 85.9 cm³/mol. The number of halogens is 1. The second-order valence-electron chi connectivity index (χ2n) is 4.31. The first-order valence-electron chi connectivity index (χ1n) is 6.50. The average molecular weight is 350 g/mol. The van der Waals surface area contributed by atoms with Crippen molar-refractivity contribution in [2.75, 3.05) is 19.0 Å². The van der Waals surface area contributed by atoms with E-state index >= 15 is 0 Å².